The number of anilines is 2. The summed E-state index contributed by atoms with van der Waals surface area (Å²) in [5.41, 5.74) is 12.4. The lowest BCUT2D eigenvalue weighted by molar-refractivity contribution is -0.0612. The molecule has 2 atom stereocenters. The van der Waals surface area contributed by atoms with Crippen LogP contribution in [0.25, 0.3) is 0 Å². The van der Waals surface area contributed by atoms with Crippen molar-refractivity contribution < 1.29 is 9.90 Å². The predicted molar refractivity (Wildman–Crippen MR) is 83.1 cm³/mol. The summed E-state index contributed by atoms with van der Waals surface area (Å²) < 4.78 is 0. The van der Waals surface area contributed by atoms with E-state index in [2.05, 4.69) is 4.90 Å². The van der Waals surface area contributed by atoms with Gasteiger partial charge in [-0.2, -0.15) is 0 Å². The Hall–Kier alpha value is -1.75. The van der Waals surface area contributed by atoms with Crippen molar-refractivity contribution in [3.05, 3.63) is 23.8 Å². The Morgan fingerprint density at radius 1 is 1.33 bits per heavy atom. The van der Waals surface area contributed by atoms with Gasteiger partial charge in [0.25, 0.3) is 5.91 Å². The predicted octanol–water partition coefficient (Wildman–Crippen LogP) is 1.50. The SMILES string of the molecule is NC(=O)c1cc(N2CCC3(O)CCCCC3C2)ccc1N. The van der Waals surface area contributed by atoms with Gasteiger partial charge in [-0.3, -0.25) is 4.79 Å². The van der Waals surface area contributed by atoms with E-state index in [0.29, 0.717) is 17.2 Å². The Kier molecular flexibility index (Phi) is 3.53. The van der Waals surface area contributed by atoms with Crippen LogP contribution in [0.3, 0.4) is 0 Å². The number of carbonyl (C=O) groups excluding carboxylic acids is 1. The maximum atomic E-state index is 11.4. The molecule has 5 N–H and O–H groups in total. The van der Waals surface area contributed by atoms with Crippen molar-refractivity contribution in [2.75, 3.05) is 23.7 Å². The number of carbonyl (C=O) groups is 1. The number of nitrogens with zero attached hydrogens (tertiary/aromatic N) is 1. The molecule has 1 heterocycles. The minimum atomic E-state index is -0.500. The van der Waals surface area contributed by atoms with Crippen molar-refractivity contribution in [3.63, 3.8) is 0 Å². The van der Waals surface area contributed by atoms with Gasteiger partial charge >= 0.3 is 0 Å². The van der Waals surface area contributed by atoms with Gasteiger partial charge in [0.2, 0.25) is 0 Å². The summed E-state index contributed by atoms with van der Waals surface area (Å²) in [6, 6.07) is 5.43. The fraction of sp³-hybridized carbons (Fsp3) is 0.562. The van der Waals surface area contributed by atoms with Crippen LogP contribution in [0.2, 0.25) is 0 Å². The molecule has 2 aliphatic rings. The summed E-state index contributed by atoms with van der Waals surface area (Å²) in [5, 5.41) is 10.7. The maximum absolute atomic E-state index is 11.4. The van der Waals surface area contributed by atoms with Crippen LogP contribution in [0, 0.1) is 5.92 Å². The number of rotatable bonds is 2. The van der Waals surface area contributed by atoms with Gasteiger partial charge in [0, 0.05) is 30.4 Å². The molecule has 5 heteroatoms. The van der Waals surface area contributed by atoms with Crippen molar-refractivity contribution in [2.45, 2.75) is 37.7 Å². The normalized spacial score (nSPS) is 29.0. The van der Waals surface area contributed by atoms with Gasteiger partial charge in [-0.1, -0.05) is 12.8 Å². The minimum absolute atomic E-state index is 0.314. The Balaban J connectivity index is 1.82. The zero-order valence-electron chi connectivity index (χ0n) is 12.2. The molecule has 0 bridgehead atoms. The Morgan fingerprint density at radius 3 is 2.90 bits per heavy atom. The number of benzene rings is 1. The molecular formula is C16H23N3O2. The molecule has 2 unspecified atom stereocenters. The van der Waals surface area contributed by atoms with Crippen LogP contribution in [-0.2, 0) is 0 Å². The summed E-state index contributed by atoms with van der Waals surface area (Å²) >= 11 is 0. The van der Waals surface area contributed by atoms with Gasteiger partial charge in [0.15, 0.2) is 0 Å². The van der Waals surface area contributed by atoms with Crippen LogP contribution < -0.4 is 16.4 Å². The summed E-state index contributed by atoms with van der Waals surface area (Å²) in [7, 11) is 0. The molecule has 1 aliphatic carbocycles. The average Bonchev–Trinajstić information content (AvgIpc) is 2.46. The zero-order chi connectivity index (χ0) is 15.0. The first kappa shape index (κ1) is 14.2. The number of piperidine rings is 1. The molecule has 0 aromatic heterocycles. The van der Waals surface area contributed by atoms with E-state index in [1.165, 1.54) is 6.42 Å². The lowest BCUT2D eigenvalue weighted by atomic mass is 9.71. The molecule has 114 valence electrons. The second-order valence-corrected chi connectivity index (χ2v) is 6.38. The molecule has 1 aromatic carbocycles. The lowest BCUT2D eigenvalue weighted by Gasteiger charge is -2.48. The van der Waals surface area contributed by atoms with Crippen LogP contribution >= 0.6 is 0 Å². The summed E-state index contributed by atoms with van der Waals surface area (Å²) in [6.45, 7) is 1.63. The van der Waals surface area contributed by atoms with Crippen molar-refractivity contribution in [1.82, 2.24) is 0 Å². The number of hydrogen-bond acceptors (Lipinski definition) is 4. The van der Waals surface area contributed by atoms with Crippen molar-refractivity contribution in [3.8, 4) is 0 Å². The molecule has 3 rings (SSSR count). The van der Waals surface area contributed by atoms with Gasteiger partial charge in [-0.25, -0.2) is 0 Å². The smallest absolute Gasteiger partial charge is 0.250 e. The van der Waals surface area contributed by atoms with E-state index in [4.69, 9.17) is 11.5 Å². The van der Waals surface area contributed by atoms with E-state index in [0.717, 1.165) is 44.5 Å². The summed E-state index contributed by atoms with van der Waals surface area (Å²) in [5.74, 6) is -0.185. The van der Waals surface area contributed by atoms with Gasteiger partial charge in [-0.15, -0.1) is 0 Å². The van der Waals surface area contributed by atoms with Crippen LogP contribution in [0.1, 0.15) is 42.5 Å². The Morgan fingerprint density at radius 2 is 2.14 bits per heavy atom. The van der Waals surface area contributed by atoms with Gasteiger partial charge in [0.05, 0.1) is 11.2 Å². The van der Waals surface area contributed by atoms with Crippen LogP contribution in [0.5, 0.6) is 0 Å². The third kappa shape index (κ3) is 2.58. The maximum Gasteiger partial charge on any atom is 0.250 e. The van der Waals surface area contributed by atoms with E-state index in [-0.39, 0.29) is 0 Å². The molecule has 1 aromatic rings. The monoisotopic (exact) mass is 289 g/mol. The van der Waals surface area contributed by atoms with Crippen molar-refractivity contribution >= 4 is 17.3 Å². The van der Waals surface area contributed by atoms with Crippen molar-refractivity contribution in [1.29, 1.82) is 0 Å². The molecular weight excluding hydrogens is 266 g/mol. The minimum Gasteiger partial charge on any atom is -0.398 e. The number of amides is 1. The lowest BCUT2D eigenvalue weighted by Crippen LogP contribution is -2.53. The Labute approximate surface area is 124 Å². The molecule has 21 heavy (non-hydrogen) atoms. The van der Waals surface area contributed by atoms with E-state index in [9.17, 15) is 9.90 Å². The first-order valence-corrected chi connectivity index (χ1v) is 7.66. The zero-order valence-corrected chi connectivity index (χ0v) is 12.2. The van der Waals surface area contributed by atoms with Crippen LogP contribution in [0.4, 0.5) is 11.4 Å². The third-order valence-electron chi connectivity index (χ3n) is 5.10. The number of aliphatic hydroxyl groups is 1. The average molecular weight is 289 g/mol. The molecule has 1 aliphatic heterocycles. The van der Waals surface area contributed by atoms with E-state index in [1.54, 1.807) is 12.1 Å². The standard InChI is InChI=1S/C16H23N3O2/c17-14-5-4-12(9-13(14)15(18)20)19-8-7-16(21)6-2-1-3-11(16)10-19/h4-5,9,11,21H,1-3,6-8,10,17H2,(H2,18,20). The largest absolute Gasteiger partial charge is 0.398 e. The molecule has 1 saturated carbocycles. The highest BCUT2D eigenvalue weighted by Gasteiger charge is 2.42. The molecule has 5 nitrogen and oxygen atoms in total. The second-order valence-electron chi connectivity index (χ2n) is 6.38. The number of hydrogen-bond donors (Lipinski definition) is 3. The van der Waals surface area contributed by atoms with Gasteiger partial charge < -0.3 is 21.5 Å². The highest BCUT2D eigenvalue weighted by Crippen LogP contribution is 2.41. The molecule has 0 radical (unpaired) electrons. The third-order valence-corrected chi connectivity index (χ3v) is 5.10. The van der Waals surface area contributed by atoms with Crippen LogP contribution in [0.15, 0.2) is 18.2 Å². The summed E-state index contributed by atoms with van der Waals surface area (Å²) in [6.07, 6.45) is 5.09. The molecule has 1 amide bonds. The Bertz CT molecular complexity index is 560. The quantitative estimate of drug-likeness (QED) is 0.719. The molecule has 0 spiro atoms. The number of primary amides is 1. The molecule has 1 saturated heterocycles. The number of fused-ring (bicyclic) bond motifs is 1. The fourth-order valence-corrected chi connectivity index (χ4v) is 3.76. The summed E-state index contributed by atoms with van der Waals surface area (Å²) in [4.78, 5) is 13.7. The first-order chi connectivity index (χ1) is 9.99. The fourth-order valence-electron chi connectivity index (χ4n) is 3.76. The molecule has 2 fully saturated rings. The second kappa shape index (κ2) is 5.22. The van der Waals surface area contributed by atoms with E-state index in [1.807, 2.05) is 6.07 Å². The first-order valence-electron chi connectivity index (χ1n) is 7.66. The van der Waals surface area contributed by atoms with Crippen LogP contribution in [-0.4, -0.2) is 29.7 Å². The highest BCUT2D eigenvalue weighted by atomic mass is 16.3. The van der Waals surface area contributed by atoms with Crippen molar-refractivity contribution in [2.24, 2.45) is 11.7 Å². The van der Waals surface area contributed by atoms with E-state index < -0.39 is 11.5 Å². The number of nitrogens with two attached hydrogens (primary N) is 2. The highest BCUT2D eigenvalue weighted by molar-refractivity contribution is 5.99. The van der Waals surface area contributed by atoms with Gasteiger partial charge in [-0.05, 0) is 37.5 Å². The number of nitrogen functional groups attached to an aromatic ring is 1. The van der Waals surface area contributed by atoms with Gasteiger partial charge in [0.1, 0.15) is 0 Å². The van der Waals surface area contributed by atoms with E-state index >= 15 is 0 Å². The topological polar surface area (TPSA) is 92.6 Å².